The highest BCUT2D eigenvalue weighted by Gasteiger charge is 2.35. The Labute approximate surface area is 340 Å². The van der Waals surface area contributed by atoms with Crippen LogP contribution in [-0.2, 0) is 5.41 Å². The van der Waals surface area contributed by atoms with Gasteiger partial charge in [0.2, 0.25) is 0 Å². The molecule has 0 aliphatic heterocycles. The number of fused-ring (bicyclic) bond motifs is 8. The van der Waals surface area contributed by atoms with Crippen LogP contribution < -0.4 is 4.90 Å². The minimum absolute atomic E-state index is 0.107. The fourth-order valence-electron chi connectivity index (χ4n) is 9.10. The van der Waals surface area contributed by atoms with Gasteiger partial charge in [-0.15, -0.1) is 0 Å². The summed E-state index contributed by atoms with van der Waals surface area (Å²) in [5, 5.41) is 4.86. The van der Waals surface area contributed by atoms with Gasteiger partial charge in [-0.05, 0) is 128 Å². The molecule has 0 bridgehead atoms. The predicted octanol–water partition coefficient (Wildman–Crippen LogP) is 15.0. The van der Waals surface area contributed by atoms with Crippen molar-refractivity contribution in [2.24, 2.45) is 0 Å². The number of nitrogens with zero attached hydrogens (tertiary/aromatic N) is 2. The van der Waals surface area contributed by atoms with E-state index in [-0.39, 0.29) is 35.3 Å². The van der Waals surface area contributed by atoms with Crippen LogP contribution in [0, 0.1) is 0 Å². The van der Waals surface area contributed by atoms with E-state index in [9.17, 15) is 0 Å². The van der Waals surface area contributed by atoms with Crippen LogP contribution in [0.2, 0.25) is 0 Å². The molecule has 9 aromatic carbocycles. The van der Waals surface area contributed by atoms with Crippen molar-refractivity contribution < 1.29 is 6.85 Å². The fraction of sp³-hybridized carbons (Fsp3) is 0.0545. The van der Waals surface area contributed by atoms with E-state index in [4.69, 9.17) is 6.85 Å². The maximum absolute atomic E-state index is 9.05. The molecule has 1 aromatic heterocycles. The Hall–Kier alpha value is -7.16. The summed E-state index contributed by atoms with van der Waals surface area (Å²) in [7, 11) is 0. The molecule has 57 heavy (non-hydrogen) atoms. The molecule has 2 heteroatoms. The molecular formula is C55H40N2. The summed E-state index contributed by atoms with van der Waals surface area (Å²) < 4.78 is 46.0. The zero-order chi connectivity index (χ0) is 42.4. The van der Waals surface area contributed by atoms with Crippen molar-refractivity contribution in [2.45, 2.75) is 19.3 Å². The molecule has 11 rings (SSSR count). The molecule has 0 spiro atoms. The van der Waals surface area contributed by atoms with Gasteiger partial charge >= 0.3 is 0 Å². The Kier molecular flexibility index (Phi) is 6.43. The van der Waals surface area contributed by atoms with Crippen molar-refractivity contribution in [2.75, 3.05) is 4.90 Å². The first kappa shape index (κ1) is 28.3. The van der Waals surface area contributed by atoms with E-state index in [0.717, 1.165) is 50.3 Å². The van der Waals surface area contributed by atoms with E-state index in [2.05, 4.69) is 164 Å². The monoisotopic (exact) mass is 733 g/mol. The third kappa shape index (κ3) is 5.33. The lowest BCUT2D eigenvalue weighted by Gasteiger charge is -2.28. The second-order valence-electron chi connectivity index (χ2n) is 15.4. The minimum atomic E-state index is -0.418. The van der Waals surface area contributed by atoms with Crippen LogP contribution in [0.5, 0.6) is 0 Å². The van der Waals surface area contributed by atoms with E-state index in [1.165, 1.54) is 38.2 Å². The Balaban J connectivity index is 1.01. The van der Waals surface area contributed by atoms with Gasteiger partial charge in [0.25, 0.3) is 0 Å². The molecule has 0 unspecified atom stereocenters. The van der Waals surface area contributed by atoms with E-state index in [0.29, 0.717) is 5.69 Å². The minimum Gasteiger partial charge on any atom is -0.310 e. The van der Waals surface area contributed by atoms with Gasteiger partial charge in [0, 0.05) is 38.9 Å². The van der Waals surface area contributed by atoms with Gasteiger partial charge in [0.1, 0.15) is 0 Å². The molecule has 270 valence electrons. The molecule has 0 saturated heterocycles. The van der Waals surface area contributed by atoms with Crippen LogP contribution in [0.1, 0.15) is 31.8 Å². The quantitative estimate of drug-likeness (QED) is 0.165. The average molecular weight is 734 g/mol. The molecule has 0 fully saturated rings. The Morgan fingerprint density at radius 1 is 0.456 bits per heavy atom. The van der Waals surface area contributed by atoms with Crippen LogP contribution in [0.3, 0.4) is 0 Å². The van der Waals surface area contributed by atoms with E-state index >= 15 is 0 Å². The lowest BCUT2D eigenvalue weighted by molar-refractivity contribution is 0.660. The predicted molar refractivity (Wildman–Crippen MR) is 241 cm³/mol. The highest BCUT2D eigenvalue weighted by atomic mass is 15.1. The molecule has 0 amide bonds. The number of anilines is 3. The van der Waals surface area contributed by atoms with Gasteiger partial charge in [-0.1, -0.05) is 147 Å². The van der Waals surface area contributed by atoms with E-state index < -0.39 is 6.04 Å². The van der Waals surface area contributed by atoms with Gasteiger partial charge in [-0.2, -0.15) is 0 Å². The first-order chi connectivity index (χ1) is 30.1. The smallest absolute Gasteiger partial charge is 0.0645 e. The highest BCUT2D eigenvalue weighted by molar-refractivity contribution is 6.22. The zero-order valence-electron chi connectivity index (χ0n) is 36.6. The van der Waals surface area contributed by atoms with Crippen molar-refractivity contribution in [1.82, 2.24) is 4.57 Å². The fourth-order valence-corrected chi connectivity index (χ4v) is 9.10. The van der Waals surface area contributed by atoms with Crippen LogP contribution in [0.4, 0.5) is 17.1 Å². The lowest BCUT2D eigenvalue weighted by atomic mass is 9.82. The van der Waals surface area contributed by atoms with E-state index in [1.54, 1.807) is 0 Å². The largest absolute Gasteiger partial charge is 0.310 e. The highest BCUT2D eigenvalue weighted by Crippen LogP contribution is 2.50. The first-order valence-electron chi connectivity index (χ1n) is 21.9. The van der Waals surface area contributed by atoms with Gasteiger partial charge in [0.05, 0.1) is 17.9 Å². The Morgan fingerprint density at radius 2 is 1.12 bits per heavy atom. The molecule has 0 atom stereocenters. The lowest BCUT2D eigenvalue weighted by Crippen LogP contribution is -2.16. The molecule has 1 aliphatic rings. The van der Waals surface area contributed by atoms with E-state index in [1.807, 2.05) is 35.2 Å². The summed E-state index contributed by atoms with van der Waals surface area (Å²) in [6.07, 6.45) is 0. The average Bonchev–Trinajstić information content (AvgIpc) is 3.77. The van der Waals surface area contributed by atoms with Crippen molar-refractivity contribution >= 4 is 49.6 Å². The Morgan fingerprint density at radius 3 is 1.96 bits per heavy atom. The summed E-state index contributed by atoms with van der Waals surface area (Å²) in [6.45, 7) is 4.42. The topological polar surface area (TPSA) is 8.17 Å². The van der Waals surface area contributed by atoms with Crippen LogP contribution in [0.15, 0.2) is 206 Å². The number of rotatable bonds is 6. The van der Waals surface area contributed by atoms with Crippen LogP contribution >= 0.6 is 0 Å². The molecule has 2 nitrogen and oxygen atoms in total. The van der Waals surface area contributed by atoms with Crippen LogP contribution in [-0.4, -0.2) is 4.57 Å². The zero-order valence-corrected chi connectivity index (χ0v) is 31.6. The molecule has 0 radical (unpaired) electrons. The number of para-hydroxylation sites is 2. The third-order valence-corrected chi connectivity index (χ3v) is 11.9. The normalized spacial score (nSPS) is 14.1. The number of hydrogen-bond acceptors (Lipinski definition) is 1. The number of benzene rings is 9. The van der Waals surface area contributed by atoms with Gasteiger partial charge < -0.3 is 9.47 Å². The summed E-state index contributed by atoms with van der Waals surface area (Å²) in [4.78, 5) is 1.81. The maximum atomic E-state index is 9.05. The summed E-state index contributed by atoms with van der Waals surface area (Å²) in [5.74, 6) is 0. The molecule has 1 aliphatic carbocycles. The molecular weight excluding hydrogens is 689 g/mol. The second-order valence-corrected chi connectivity index (χ2v) is 15.4. The molecule has 0 N–H and O–H groups in total. The SMILES string of the molecule is [2H]c1c([2H])c([2H])c(N(c2ccc(-c3cccc(-c4ccc5c(c4)c4c6ccccc6ccc4n5-c4ccccc4)c3)cc2)c2ccc3c(c2)C(C)(C)c2ccccc2-3)c([2H])c1[2H]. The molecule has 1 heterocycles. The number of aromatic nitrogens is 1. The first-order valence-corrected chi connectivity index (χ1v) is 19.4. The summed E-state index contributed by atoms with van der Waals surface area (Å²) in [5.41, 5.74) is 13.6. The maximum Gasteiger partial charge on any atom is 0.0645 e. The van der Waals surface area contributed by atoms with Gasteiger partial charge in [-0.25, -0.2) is 0 Å². The summed E-state index contributed by atoms with van der Waals surface area (Å²) >= 11 is 0. The van der Waals surface area contributed by atoms with Crippen molar-refractivity contribution in [3.63, 3.8) is 0 Å². The summed E-state index contributed by atoms with van der Waals surface area (Å²) in [6, 6.07) is 59.9. The van der Waals surface area contributed by atoms with Crippen molar-refractivity contribution in [3.8, 4) is 39.1 Å². The van der Waals surface area contributed by atoms with Gasteiger partial charge in [0.15, 0.2) is 0 Å². The second kappa shape index (κ2) is 13.0. The van der Waals surface area contributed by atoms with Crippen LogP contribution in [0.25, 0.3) is 71.6 Å². The standard InChI is InChI=1S/C55H40N2/c1-55(2)50-23-12-11-22-47(50)48-31-30-45(36-51(48)55)56(42-17-5-3-6-18-42)44-28-24-37(25-29-44)39-15-13-16-40(34-39)41-27-32-52-49(35-41)54-46-21-10-9-14-38(46)26-33-53(54)57(52)43-19-7-4-8-20-43/h3-36H,1-2H3/i3D,5D,6D,17D,18D. The number of hydrogen-bond donors (Lipinski definition) is 0. The van der Waals surface area contributed by atoms with Crippen molar-refractivity contribution in [1.29, 1.82) is 0 Å². The molecule has 10 aromatic rings. The molecule has 0 saturated carbocycles. The Bertz CT molecular complexity index is 3410. The van der Waals surface area contributed by atoms with Crippen molar-refractivity contribution in [3.05, 3.63) is 217 Å². The third-order valence-electron chi connectivity index (χ3n) is 11.9. The van der Waals surface area contributed by atoms with Gasteiger partial charge in [-0.3, -0.25) is 0 Å².